The fourth-order valence-electron chi connectivity index (χ4n) is 4.18. The zero-order valence-electron chi connectivity index (χ0n) is 18.5. The van der Waals surface area contributed by atoms with Crippen LogP contribution in [0.1, 0.15) is 68.3 Å². The van der Waals surface area contributed by atoms with Gasteiger partial charge in [-0.2, -0.15) is 4.31 Å². The molecular weight excluding hydrogens is 416 g/mol. The van der Waals surface area contributed by atoms with E-state index in [-0.39, 0.29) is 35.1 Å². The third kappa shape index (κ3) is 5.25. The van der Waals surface area contributed by atoms with E-state index in [1.165, 1.54) is 19.1 Å². The molecular formula is C23H30N2O5S. The average Bonchev–Trinajstić information content (AvgIpc) is 3.07. The largest absolute Gasteiger partial charge is 0.466 e. The number of carbonyl (C=O) groups is 2. The first kappa shape index (κ1) is 23.2. The molecule has 1 saturated heterocycles. The number of hydrogen-bond donors (Lipinski definition) is 1. The van der Waals surface area contributed by atoms with Crippen LogP contribution in [-0.4, -0.2) is 36.5 Å². The van der Waals surface area contributed by atoms with Gasteiger partial charge in [0.05, 0.1) is 10.5 Å². The van der Waals surface area contributed by atoms with Gasteiger partial charge in [-0.1, -0.05) is 6.42 Å². The fraction of sp³-hybridized carbons (Fsp3) is 0.478. The highest BCUT2D eigenvalue weighted by atomic mass is 32.2. The predicted octanol–water partition coefficient (Wildman–Crippen LogP) is 4.31. The summed E-state index contributed by atoms with van der Waals surface area (Å²) in [5.41, 5.74) is 1.06. The normalized spacial score (nSPS) is 19.9. The Balaban J connectivity index is 1.61. The topological polar surface area (TPSA) is 96.7 Å². The summed E-state index contributed by atoms with van der Waals surface area (Å²) in [5.74, 6) is 0.855. The van der Waals surface area contributed by atoms with Gasteiger partial charge in [0, 0.05) is 30.6 Å². The SMILES string of the molecule is CC(=O)c1cc(CCC(=O)Nc2ccc(S(=O)(=O)N3[C@H](C)CCC[C@H]3C)cc2)oc1C. The Morgan fingerprint density at radius 2 is 1.74 bits per heavy atom. The number of ketones is 1. The molecule has 2 atom stereocenters. The van der Waals surface area contributed by atoms with E-state index in [0.717, 1.165) is 19.3 Å². The number of furan rings is 1. The zero-order valence-corrected chi connectivity index (χ0v) is 19.3. The van der Waals surface area contributed by atoms with E-state index in [4.69, 9.17) is 4.42 Å². The van der Waals surface area contributed by atoms with Gasteiger partial charge in [-0.05, 0) is 70.9 Å². The molecule has 1 aromatic carbocycles. The molecule has 168 valence electrons. The monoisotopic (exact) mass is 446 g/mol. The van der Waals surface area contributed by atoms with Crippen LogP contribution in [0.4, 0.5) is 5.69 Å². The maximum absolute atomic E-state index is 13.1. The molecule has 0 unspecified atom stereocenters. The summed E-state index contributed by atoms with van der Waals surface area (Å²) in [4.78, 5) is 24.0. The molecule has 1 fully saturated rings. The Morgan fingerprint density at radius 3 is 2.29 bits per heavy atom. The van der Waals surface area contributed by atoms with E-state index in [1.54, 1.807) is 29.4 Å². The number of nitrogens with one attached hydrogen (secondary N) is 1. The summed E-state index contributed by atoms with van der Waals surface area (Å²) in [7, 11) is -3.58. The number of rotatable bonds is 7. The highest BCUT2D eigenvalue weighted by molar-refractivity contribution is 7.89. The number of benzene rings is 1. The van der Waals surface area contributed by atoms with Crippen LogP contribution in [0.3, 0.4) is 0 Å². The molecule has 1 aromatic heterocycles. The van der Waals surface area contributed by atoms with E-state index in [9.17, 15) is 18.0 Å². The van der Waals surface area contributed by atoms with Crippen molar-refractivity contribution in [2.75, 3.05) is 5.32 Å². The Kier molecular flexibility index (Phi) is 7.01. The third-order valence-electron chi connectivity index (χ3n) is 5.77. The first-order valence-corrected chi connectivity index (χ1v) is 12.1. The van der Waals surface area contributed by atoms with Crippen LogP contribution >= 0.6 is 0 Å². The quantitative estimate of drug-likeness (QED) is 0.639. The Morgan fingerprint density at radius 1 is 1.13 bits per heavy atom. The highest BCUT2D eigenvalue weighted by Crippen LogP contribution is 2.30. The van der Waals surface area contributed by atoms with Crippen LogP contribution in [0.2, 0.25) is 0 Å². The number of nitrogens with zero attached hydrogens (tertiary/aromatic N) is 1. The Labute approximate surface area is 183 Å². The van der Waals surface area contributed by atoms with E-state index < -0.39 is 10.0 Å². The zero-order chi connectivity index (χ0) is 22.8. The van der Waals surface area contributed by atoms with Gasteiger partial charge in [-0.25, -0.2) is 8.42 Å². The van der Waals surface area contributed by atoms with Crippen LogP contribution in [0.15, 0.2) is 39.6 Å². The molecule has 2 aromatic rings. The Hall–Kier alpha value is -2.45. The molecule has 2 heterocycles. The number of amides is 1. The summed E-state index contributed by atoms with van der Waals surface area (Å²) in [6.45, 7) is 7.09. The van der Waals surface area contributed by atoms with Gasteiger partial charge in [-0.3, -0.25) is 9.59 Å². The lowest BCUT2D eigenvalue weighted by Crippen LogP contribution is -2.47. The summed E-state index contributed by atoms with van der Waals surface area (Å²) >= 11 is 0. The van der Waals surface area contributed by atoms with Gasteiger partial charge in [0.1, 0.15) is 11.5 Å². The summed E-state index contributed by atoms with van der Waals surface area (Å²) in [6, 6.07) is 7.91. The lowest BCUT2D eigenvalue weighted by atomic mass is 10.0. The minimum atomic E-state index is -3.58. The number of anilines is 1. The smallest absolute Gasteiger partial charge is 0.243 e. The standard InChI is InChI=1S/C23H30N2O5S/c1-15-6-5-7-16(2)25(15)31(28,29)21-11-8-19(9-12-21)24-23(27)13-10-20-14-22(17(3)26)18(4)30-20/h8-9,11-12,14-16H,5-7,10,13H2,1-4H3,(H,24,27)/t15-,16-/m1/s1. The van der Waals surface area contributed by atoms with Crippen molar-refractivity contribution in [2.45, 2.75) is 76.8 Å². The van der Waals surface area contributed by atoms with Crippen molar-refractivity contribution in [3.63, 3.8) is 0 Å². The van der Waals surface area contributed by atoms with Gasteiger partial charge in [0.25, 0.3) is 0 Å². The second-order valence-electron chi connectivity index (χ2n) is 8.28. The van der Waals surface area contributed by atoms with Crippen LogP contribution in [0.25, 0.3) is 0 Å². The molecule has 1 amide bonds. The summed E-state index contributed by atoms with van der Waals surface area (Å²) < 4.78 is 33.3. The van der Waals surface area contributed by atoms with E-state index in [1.807, 2.05) is 13.8 Å². The van der Waals surface area contributed by atoms with Crippen LogP contribution in [0.5, 0.6) is 0 Å². The van der Waals surface area contributed by atoms with Crippen molar-refractivity contribution < 1.29 is 22.4 Å². The second-order valence-corrected chi connectivity index (χ2v) is 10.1. The number of piperidine rings is 1. The predicted molar refractivity (Wildman–Crippen MR) is 119 cm³/mol. The van der Waals surface area contributed by atoms with Crippen molar-refractivity contribution in [3.05, 3.63) is 47.4 Å². The maximum atomic E-state index is 13.1. The molecule has 0 radical (unpaired) electrons. The molecule has 1 aliphatic rings. The first-order chi connectivity index (χ1) is 14.6. The van der Waals surface area contributed by atoms with Gasteiger partial charge < -0.3 is 9.73 Å². The van der Waals surface area contributed by atoms with Crippen molar-refractivity contribution in [1.29, 1.82) is 0 Å². The molecule has 7 nitrogen and oxygen atoms in total. The van der Waals surface area contributed by atoms with E-state index >= 15 is 0 Å². The lowest BCUT2D eigenvalue weighted by molar-refractivity contribution is -0.116. The van der Waals surface area contributed by atoms with Gasteiger partial charge in [0.2, 0.25) is 15.9 Å². The second kappa shape index (κ2) is 9.36. The van der Waals surface area contributed by atoms with Gasteiger partial charge in [0.15, 0.2) is 5.78 Å². The maximum Gasteiger partial charge on any atom is 0.243 e. The molecule has 31 heavy (non-hydrogen) atoms. The van der Waals surface area contributed by atoms with Crippen LogP contribution in [0, 0.1) is 6.92 Å². The first-order valence-electron chi connectivity index (χ1n) is 10.6. The van der Waals surface area contributed by atoms with Crippen molar-refractivity contribution in [3.8, 4) is 0 Å². The molecule has 1 N–H and O–H groups in total. The minimum Gasteiger partial charge on any atom is -0.466 e. The lowest BCUT2D eigenvalue weighted by Gasteiger charge is -2.37. The molecule has 3 rings (SSSR count). The van der Waals surface area contributed by atoms with Crippen molar-refractivity contribution in [1.82, 2.24) is 4.31 Å². The molecule has 8 heteroatoms. The molecule has 0 spiro atoms. The number of Topliss-reactive ketones (excluding diaryl/α,β-unsaturated/α-hetero) is 1. The Bertz CT molecular complexity index is 1050. The molecule has 1 aliphatic heterocycles. The van der Waals surface area contributed by atoms with E-state index in [2.05, 4.69) is 5.32 Å². The van der Waals surface area contributed by atoms with Gasteiger partial charge >= 0.3 is 0 Å². The summed E-state index contributed by atoms with van der Waals surface area (Å²) in [5, 5.41) is 2.78. The molecule has 0 bridgehead atoms. The van der Waals surface area contributed by atoms with Crippen molar-refractivity contribution >= 4 is 27.4 Å². The summed E-state index contributed by atoms with van der Waals surface area (Å²) in [6.07, 6.45) is 3.32. The molecule has 0 saturated carbocycles. The number of hydrogen-bond acceptors (Lipinski definition) is 5. The third-order valence-corrected chi connectivity index (χ3v) is 7.92. The minimum absolute atomic E-state index is 0.0260. The van der Waals surface area contributed by atoms with Crippen LogP contribution < -0.4 is 5.32 Å². The van der Waals surface area contributed by atoms with Crippen LogP contribution in [-0.2, 0) is 21.2 Å². The highest BCUT2D eigenvalue weighted by Gasteiger charge is 2.35. The number of sulfonamides is 1. The van der Waals surface area contributed by atoms with Gasteiger partial charge in [-0.15, -0.1) is 0 Å². The number of aryl methyl sites for hydroxylation is 2. The average molecular weight is 447 g/mol. The number of carbonyl (C=O) groups excluding carboxylic acids is 2. The van der Waals surface area contributed by atoms with Crippen molar-refractivity contribution in [2.24, 2.45) is 0 Å². The molecule has 0 aliphatic carbocycles. The fourth-order valence-corrected chi connectivity index (χ4v) is 6.06. The van der Waals surface area contributed by atoms with E-state index in [0.29, 0.717) is 29.2 Å².